The average molecular weight is 228 g/mol. The van der Waals surface area contributed by atoms with Crippen LogP contribution in [0.4, 0.5) is 26.7 Å². The molecule has 15 heavy (non-hydrogen) atoms. The number of rotatable bonds is 2. The number of aliphatic imine (C=N–C) groups is 2. The first kappa shape index (κ1) is 11.4. The molecule has 9 heteroatoms. The number of hydrogen-bond donors (Lipinski definition) is 0. The average Bonchev–Trinajstić information content (AvgIpc) is 2.48. The minimum absolute atomic E-state index is 0.268. The number of ketones is 1. The molecule has 0 aromatic heterocycles. The van der Waals surface area contributed by atoms with Gasteiger partial charge in [-0.3, -0.25) is 4.79 Å². The summed E-state index contributed by atoms with van der Waals surface area (Å²) in [6.07, 6.45) is -5.75. The Morgan fingerprint density at radius 3 is 2.07 bits per heavy atom. The highest BCUT2D eigenvalue weighted by Gasteiger charge is 2.64. The van der Waals surface area contributed by atoms with Crippen molar-refractivity contribution >= 4 is 23.7 Å². The number of alkyl halides is 5. The van der Waals surface area contributed by atoms with Crippen LogP contribution in [0.2, 0.25) is 0 Å². The van der Waals surface area contributed by atoms with E-state index in [2.05, 4.69) is 9.98 Å². The Labute approximate surface area is 78.5 Å². The number of carbonyl (C=O) groups is 2. The van der Waals surface area contributed by atoms with Crippen LogP contribution in [0.1, 0.15) is 0 Å². The van der Waals surface area contributed by atoms with E-state index in [0.717, 1.165) is 0 Å². The highest BCUT2D eigenvalue weighted by molar-refractivity contribution is 6.65. The lowest BCUT2D eigenvalue weighted by Gasteiger charge is -2.16. The molecule has 0 unspecified atom stereocenters. The third kappa shape index (κ3) is 1.90. The number of urea groups is 1. The second kappa shape index (κ2) is 3.17. The first-order valence-electron chi connectivity index (χ1n) is 3.32. The molecular formula is C6HF5N2O2. The van der Waals surface area contributed by atoms with Gasteiger partial charge in [-0.25, -0.2) is 4.79 Å². The maximum atomic E-state index is 12.4. The molecule has 1 aliphatic rings. The van der Waals surface area contributed by atoms with Gasteiger partial charge in [0.1, 0.15) is 5.71 Å². The molecule has 4 nitrogen and oxygen atoms in total. The van der Waals surface area contributed by atoms with E-state index in [9.17, 15) is 31.5 Å². The predicted molar refractivity (Wildman–Crippen MR) is 37.3 cm³/mol. The third-order valence-electron chi connectivity index (χ3n) is 1.39. The Kier molecular flexibility index (Phi) is 2.41. The van der Waals surface area contributed by atoms with Crippen LogP contribution in [-0.2, 0) is 4.79 Å². The fourth-order valence-electron chi connectivity index (χ4n) is 0.676. The molecule has 0 aromatic rings. The third-order valence-corrected chi connectivity index (χ3v) is 1.39. The summed E-state index contributed by atoms with van der Waals surface area (Å²) in [4.78, 5) is 26.2. The van der Waals surface area contributed by atoms with E-state index in [1.165, 1.54) is 0 Å². The van der Waals surface area contributed by atoms with Gasteiger partial charge in [-0.15, -0.1) is 0 Å². The lowest BCUT2D eigenvalue weighted by Crippen LogP contribution is -2.47. The quantitative estimate of drug-likeness (QED) is 0.670. The van der Waals surface area contributed by atoms with E-state index in [1.807, 2.05) is 0 Å². The van der Waals surface area contributed by atoms with Crippen LogP contribution >= 0.6 is 0 Å². The molecule has 0 aromatic carbocycles. The highest BCUT2D eigenvalue weighted by atomic mass is 19.4. The predicted octanol–water partition coefficient (Wildman–Crippen LogP) is 1.40. The van der Waals surface area contributed by atoms with E-state index in [1.54, 1.807) is 0 Å². The zero-order chi connectivity index (χ0) is 11.9. The molecule has 0 fully saturated rings. The summed E-state index contributed by atoms with van der Waals surface area (Å²) in [6, 6.07) is -1.30. The first-order chi connectivity index (χ1) is 6.66. The molecule has 82 valence electrons. The number of amides is 2. The van der Waals surface area contributed by atoms with Gasteiger partial charge >= 0.3 is 18.1 Å². The maximum Gasteiger partial charge on any atom is 0.461 e. The Morgan fingerprint density at radius 1 is 1.20 bits per heavy atom. The van der Waals surface area contributed by atoms with Crippen LogP contribution < -0.4 is 0 Å². The number of carbonyl (C=O) groups excluding carboxylic acids is 2. The van der Waals surface area contributed by atoms with Crippen LogP contribution in [0, 0.1) is 0 Å². The SMILES string of the molecule is O=C1N=CC(C(=O)C(F)(F)C(F)(F)F)=N1. The topological polar surface area (TPSA) is 58.9 Å². The van der Waals surface area contributed by atoms with Crippen LogP contribution in [-0.4, -0.2) is 35.8 Å². The van der Waals surface area contributed by atoms with Gasteiger partial charge in [-0.2, -0.15) is 31.9 Å². The van der Waals surface area contributed by atoms with Crippen molar-refractivity contribution in [1.29, 1.82) is 0 Å². The molecule has 1 aliphatic heterocycles. The number of Topliss-reactive ketones (excluding diaryl/α,β-unsaturated/α-hetero) is 1. The van der Waals surface area contributed by atoms with Gasteiger partial charge in [0.05, 0.1) is 6.21 Å². The summed E-state index contributed by atoms with van der Waals surface area (Å²) in [6.45, 7) is 0. The van der Waals surface area contributed by atoms with E-state index in [4.69, 9.17) is 0 Å². The molecule has 2 amide bonds. The number of hydrogen-bond acceptors (Lipinski definition) is 2. The molecule has 0 spiro atoms. The molecule has 0 bridgehead atoms. The van der Waals surface area contributed by atoms with Crippen LogP contribution in [0.15, 0.2) is 9.98 Å². The molecule has 0 saturated carbocycles. The van der Waals surface area contributed by atoms with Gasteiger partial charge < -0.3 is 0 Å². The van der Waals surface area contributed by atoms with Crippen LogP contribution in [0.25, 0.3) is 0 Å². The number of nitrogens with zero attached hydrogens (tertiary/aromatic N) is 2. The summed E-state index contributed by atoms with van der Waals surface area (Å²) < 4.78 is 59.8. The molecule has 0 saturated heterocycles. The van der Waals surface area contributed by atoms with Crippen molar-refractivity contribution in [3.8, 4) is 0 Å². The Balaban J connectivity index is 3.01. The second-order valence-electron chi connectivity index (χ2n) is 2.44. The summed E-state index contributed by atoms with van der Waals surface area (Å²) >= 11 is 0. The van der Waals surface area contributed by atoms with Crippen LogP contribution in [0.5, 0.6) is 0 Å². The van der Waals surface area contributed by atoms with Gasteiger partial charge in [-0.05, 0) is 0 Å². The zero-order valence-electron chi connectivity index (χ0n) is 6.68. The molecule has 1 rings (SSSR count). The smallest absolute Gasteiger partial charge is 0.285 e. The van der Waals surface area contributed by atoms with Crippen molar-refractivity contribution < 1.29 is 31.5 Å². The van der Waals surface area contributed by atoms with Gasteiger partial charge in [0.25, 0.3) is 5.78 Å². The Bertz CT molecular complexity index is 381. The second-order valence-corrected chi connectivity index (χ2v) is 2.44. The van der Waals surface area contributed by atoms with E-state index in [-0.39, 0.29) is 6.21 Å². The summed E-state index contributed by atoms with van der Waals surface area (Å²) in [5.41, 5.74) is -1.30. The lowest BCUT2D eigenvalue weighted by molar-refractivity contribution is -0.265. The summed E-state index contributed by atoms with van der Waals surface area (Å²) in [5.74, 6) is -8.16. The van der Waals surface area contributed by atoms with Crippen molar-refractivity contribution in [2.75, 3.05) is 0 Å². The Morgan fingerprint density at radius 2 is 1.73 bits per heavy atom. The minimum atomic E-state index is -6.02. The maximum absolute atomic E-state index is 12.4. The molecule has 0 aliphatic carbocycles. The van der Waals surface area contributed by atoms with Gasteiger partial charge in [0, 0.05) is 0 Å². The van der Waals surface area contributed by atoms with E-state index >= 15 is 0 Å². The Hall–Kier alpha value is -1.67. The molecule has 0 radical (unpaired) electrons. The number of halogens is 5. The highest BCUT2D eigenvalue weighted by Crippen LogP contribution is 2.36. The molecular weight excluding hydrogens is 227 g/mol. The monoisotopic (exact) mass is 228 g/mol. The molecule has 1 heterocycles. The minimum Gasteiger partial charge on any atom is -0.285 e. The van der Waals surface area contributed by atoms with Crippen molar-refractivity contribution in [3.63, 3.8) is 0 Å². The zero-order valence-corrected chi connectivity index (χ0v) is 6.68. The van der Waals surface area contributed by atoms with Crippen LogP contribution in [0.3, 0.4) is 0 Å². The van der Waals surface area contributed by atoms with Crippen molar-refractivity contribution in [2.45, 2.75) is 12.1 Å². The lowest BCUT2D eigenvalue weighted by atomic mass is 10.1. The summed E-state index contributed by atoms with van der Waals surface area (Å²) in [7, 11) is 0. The van der Waals surface area contributed by atoms with E-state index < -0.39 is 29.6 Å². The largest absolute Gasteiger partial charge is 0.461 e. The fraction of sp³-hybridized carbons (Fsp3) is 0.333. The molecule has 0 atom stereocenters. The van der Waals surface area contributed by atoms with Gasteiger partial charge in [0.2, 0.25) is 0 Å². The van der Waals surface area contributed by atoms with Crippen molar-refractivity contribution in [1.82, 2.24) is 0 Å². The fourth-order valence-corrected chi connectivity index (χ4v) is 0.676. The van der Waals surface area contributed by atoms with Gasteiger partial charge in [0.15, 0.2) is 0 Å². The normalized spacial score (nSPS) is 16.9. The van der Waals surface area contributed by atoms with E-state index in [0.29, 0.717) is 0 Å². The first-order valence-corrected chi connectivity index (χ1v) is 3.32. The van der Waals surface area contributed by atoms with Gasteiger partial charge in [-0.1, -0.05) is 0 Å². The summed E-state index contributed by atoms with van der Waals surface area (Å²) in [5, 5.41) is 0. The standard InChI is InChI=1S/C6HF5N2O2/c7-5(8,6(9,10)11)3(14)2-1-12-4(15)13-2/h1H. The van der Waals surface area contributed by atoms with Crippen molar-refractivity contribution in [2.24, 2.45) is 9.98 Å². The van der Waals surface area contributed by atoms with Crippen molar-refractivity contribution in [3.05, 3.63) is 0 Å². The molecule has 0 N–H and O–H groups in total.